The molecule has 1 saturated heterocycles. The number of benzene rings is 1. The lowest BCUT2D eigenvalue weighted by Crippen LogP contribution is -2.59. The predicted molar refractivity (Wildman–Crippen MR) is 99.4 cm³/mol. The van der Waals surface area contributed by atoms with Gasteiger partial charge in [0.1, 0.15) is 0 Å². The number of rotatable bonds is 0. The highest BCUT2D eigenvalue weighted by Crippen LogP contribution is 2.37. The molecule has 124 valence electrons. The maximum atomic E-state index is 6.19. The van der Waals surface area contributed by atoms with Crippen molar-refractivity contribution in [1.82, 2.24) is 10.2 Å². The van der Waals surface area contributed by atoms with Crippen molar-refractivity contribution in [3.05, 3.63) is 40.8 Å². The van der Waals surface area contributed by atoms with Crippen LogP contribution in [0.4, 0.5) is 11.4 Å². The number of piperazine rings is 1. The molecular weight excluding hydrogens is 322 g/mol. The predicted octanol–water partition coefficient (Wildman–Crippen LogP) is 3.30. The van der Waals surface area contributed by atoms with Crippen LogP contribution in [0.5, 0.6) is 0 Å². The highest BCUT2D eigenvalue weighted by molar-refractivity contribution is 6.48. The number of nitrogens with zero attached hydrogens (tertiary/aromatic N) is 4. The summed E-state index contributed by atoms with van der Waals surface area (Å²) in [5, 5.41) is 4.25. The Morgan fingerprint density at radius 3 is 2.67 bits per heavy atom. The summed E-state index contributed by atoms with van der Waals surface area (Å²) in [7, 11) is 0. The number of halogens is 1. The summed E-state index contributed by atoms with van der Waals surface area (Å²) in [5.41, 5.74) is 5.89. The van der Waals surface area contributed by atoms with Crippen LogP contribution in [0.25, 0.3) is 0 Å². The zero-order valence-electron chi connectivity index (χ0n) is 14.0. The summed E-state index contributed by atoms with van der Waals surface area (Å²) >= 11 is 6.19. The van der Waals surface area contributed by atoms with Gasteiger partial charge in [-0.3, -0.25) is 4.90 Å². The third-order valence-corrected chi connectivity index (χ3v) is 4.62. The minimum absolute atomic E-state index is 0.410. The van der Waals surface area contributed by atoms with Crippen LogP contribution < -0.4 is 10.2 Å². The fraction of sp³-hybridized carbons (Fsp3) is 0.389. The molecule has 3 heterocycles. The van der Waals surface area contributed by atoms with Crippen LogP contribution in [0.15, 0.2) is 45.8 Å². The Morgan fingerprint density at radius 2 is 1.92 bits per heavy atom. The van der Waals surface area contributed by atoms with E-state index in [4.69, 9.17) is 21.6 Å². The quantitative estimate of drug-likeness (QED) is 0.736. The maximum absolute atomic E-state index is 6.19. The van der Waals surface area contributed by atoms with Crippen LogP contribution in [0.1, 0.15) is 20.8 Å². The molecule has 0 bridgehead atoms. The molecular formula is C18H20ClN5. The molecule has 4 rings (SSSR count). The van der Waals surface area contributed by atoms with Crippen LogP contribution in [0.3, 0.4) is 0 Å². The Labute approximate surface area is 147 Å². The Kier molecular flexibility index (Phi) is 3.72. The number of allylic oxidation sites excluding steroid dienone is 1. The van der Waals surface area contributed by atoms with Gasteiger partial charge in [-0.15, -0.1) is 0 Å². The van der Waals surface area contributed by atoms with Gasteiger partial charge < -0.3 is 10.2 Å². The lowest BCUT2D eigenvalue weighted by Gasteiger charge is -2.41. The van der Waals surface area contributed by atoms with Gasteiger partial charge in [0.25, 0.3) is 0 Å². The molecule has 24 heavy (non-hydrogen) atoms. The average molecular weight is 342 g/mol. The van der Waals surface area contributed by atoms with E-state index in [1.807, 2.05) is 36.2 Å². The summed E-state index contributed by atoms with van der Waals surface area (Å²) < 4.78 is 0. The third kappa shape index (κ3) is 2.65. The monoisotopic (exact) mass is 341 g/mol. The summed E-state index contributed by atoms with van der Waals surface area (Å²) in [4.78, 5) is 14.0. The van der Waals surface area contributed by atoms with E-state index in [-0.39, 0.29) is 0 Å². The van der Waals surface area contributed by atoms with Crippen molar-refractivity contribution < 1.29 is 0 Å². The van der Waals surface area contributed by atoms with Gasteiger partial charge in [0.2, 0.25) is 0 Å². The van der Waals surface area contributed by atoms with Crippen LogP contribution in [-0.2, 0) is 0 Å². The number of fused-ring (bicyclic) bond motifs is 3. The van der Waals surface area contributed by atoms with E-state index in [9.17, 15) is 0 Å². The summed E-state index contributed by atoms with van der Waals surface area (Å²) in [6.45, 7) is 8.17. The molecule has 0 unspecified atom stereocenters. The Balaban J connectivity index is 1.84. The van der Waals surface area contributed by atoms with Crippen molar-refractivity contribution >= 4 is 34.6 Å². The zero-order chi connectivity index (χ0) is 16.8. The van der Waals surface area contributed by atoms with E-state index in [0.29, 0.717) is 17.1 Å². The lowest BCUT2D eigenvalue weighted by atomic mass is 10.1. The lowest BCUT2D eigenvalue weighted by molar-refractivity contribution is 0.257. The van der Waals surface area contributed by atoms with E-state index in [2.05, 4.69) is 29.8 Å². The maximum Gasteiger partial charge on any atom is 0.182 e. The third-order valence-electron chi connectivity index (χ3n) is 4.38. The summed E-state index contributed by atoms with van der Waals surface area (Å²) in [6, 6.07) is 6.58. The van der Waals surface area contributed by atoms with E-state index in [1.165, 1.54) is 0 Å². The second-order valence-corrected chi connectivity index (χ2v) is 7.04. The first-order valence-corrected chi connectivity index (χ1v) is 8.60. The number of hydrogen-bond acceptors (Lipinski definition) is 5. The van der Waals surface area contributed by atoms with Crippen molar-refractivity contribution in [2.45, 2.75) is 32.9 Å². The molecule has 0 spiro atoms. The van der Waals surface area contributed by atoms with Gasteiger partial charge in [0, 0.05) is 30.2 Å². The topological polar surface area (TPSA) is 43.2 Å². The van der Waals surface area contributed by atoms with Crippen LogP contribution in [0.2, 0.25) is 5.02 Å². The number of hydrogen-bond donors (Lipinski definition) is 1. The molecule has 3 aliphatic heterocycles. The standard InChI is InChI=1S/C18H20ClN5/c1-11-6-7-24-16-8-14(19)4-5-15(16)22-17(18(24)21-11)23-9-12(2)20-13(3)10-23/h4-5,7-8,12-13,20H,9-10H2,1-3H3/t12-,13+. The number of amidine groups is 2. The second kappa shape index (κ2) is 5.78. The molecule has 3 aliphatic rings. The molecule has 5 nitrogen and oxygen atoms in total. The summed E-state index contributed by atoms with van der Waals surface area (Å²) in [6.07, 6.45) is 1.93. The second-order valence-electron chi connectivity index (χ2n) is 6.61. The van der Waals surface area contributed by atoms with Gasteiger partial charge >= 0.3 is 0 Å². The SMILES string of the molecule is CC1=C=CN2C(=N1)C(N1C[C@@H](C)N[C@@H](C)C1)=Nc1ccc(Cl)cc12. The first-order valence-electron chi connectivity index (χ1n) is 8.22. The molecule has 0 aliphatic carbocycles. The van der Waals surface area contributed by atoms with Crippen molar-refractivity contribution in [3.63, 3.8) is 0 Å². The van der Waals surface area contributed by atoms with Gasteiger partial charge in [-0.1, -0.05) is 17.3 Å². The minimum atomic E-state index is 0.410. The molecule has 1 fully saturated rings. The number of anilines is 1. The molecule has 2 atom stereocenters. The number of aliphatic imine (C=N–C) groups is 2. The molecule has 0 saturated carbocycles. The molecule has 0 aromatic heterocycles. The normalized spacial score (nSPS) is 25.6. The molecule has 1 aromatic rings. The van der Waals surface area contributed by atoms with E-state index >= 15 is 0 Å². The van der Waals surface area contributed by atoms with Gasteiger partial charge in [-0.2, -0.15) is 0 Å². The van der Waals surface area contributed by atoms with Gasteiger partial charge in [-0.05, 0) is 39.0 Å². The smallest absolute Gasteiger partial charge is 0.182 e. The Bertz CT molecular complexity index is 809. The van der Waals surface area contributed by atoms with Gasteiger partial charge in [0.15, 0.2) is 11.7 Å². The molecule has 0 amide bonds. The van der Waals surface area contributed by atoms with E-state index < -0.39 is 0 Å². The highest BCUT2D eigenvalue weighted by Gasteiger charge is 2.33. The Morgan fingerprint density at radius 1 is 1.17 bits per heavy atom. The molecule has 6 heteroatoms. The first-order chi connectivity index (χ1) is 11.5. The highest BCUT2D eigenvalue weighted by atomic mass is 35.5. The average Bonchev–Trinajstić information content (AvgIpc) is 2.53. The van der Waals surface area contributed by atoms with Gasteiger partial charge in [0.05, 0.1) is 23.3 Å². The van der Waals surface area contributed by atoms with Crippen LogP contribution in [-0.4, -0.2) is 41.7 Å². The Hall–Kier alpha value is -2.07. The van der Waals surface area contributed by atoms with Crippen molar-refractivity contribution in [2.24, 2.45) is 9.98 Å². The number of nitrogens with one attached hydrogen (secondary N) is 1. The first kappa shape index (κ1) is 15.5. The largest absolute Gasteiger partial charge is 0.350 e. The van der Waals surface area contributed by atoms with Gasteiger partial charge in [-0.25, -0.2) is 9.98 Å². The molecule has 1 aromatic carbocycles. The van der Waals surface area contributed by atoms with Crippen LogP contribution >= 0.6 is 11.6 Å². The van der Waals surface area contributed by atoms with E-state index in [0.717, 1.165) is 41.8 Å². The fourth-order valence-electron chi connectivity index (χ4n) is 3.47. The van der Waals surface area contributed by atoms with Crippen LogP contribution in [0, 0.1) is 0 Å². The fourth-order valence-corrected chi connectivity index (χ4v) is 3.63. The van der Waals surface area contributed by atoms with Crippen molar-refractivity contribution in [1.29, 1.82) is 0 Å². The van der Waals surface area contributed by atoms with Crippen molar-refractivity contribution in [3.8, 4) is 0 Å². The molecule has 0 radical (unpaired) electrons. The van der Waals surface area contributed by atoms with E-state index in [1.54, 1.807) is 0 Å². The van der Waals surface area contributed by atoms with Crippen molar-refractivity contribution in [2.75, 3.05) is 18.0 Å². The zero-order valence-corrected chi connectivity index (χ0v) is 14.8. The summed E-state index contributed by atoms with van der Waals surface area (Å²) in [5.74, 6) is 1.77. The minimum Gasteiger partial charge on any atom is -0.350 e. The molecule has 1 N–H and O–H groups in total.